The van der Waals surface area contributed by atoms with E-state index in [0.717, 1.165) is 0 Å². The first-order valence-electron chi connectivity index (χ1n) is 7.30. The van der Waals surface area contributed by atoms with E-state index in [9.17, 15) is 0 Å². The highest BCUT2D eigenvalue weighted by Gasteiger charge is 2.43. The second-order valence-electron chi connectivity index (χ2n) is 3.90. The normalized spacial score (nSPS) is 12.0. The summed E-state index contributed by atoms with van der Waals surface area (Å²) in [5.74, 6) is 1.21. The van der Waals surface area contributed by atoms with Crippen molar-refractivity contribution in [2.75, 3.05) is 25.6 Å². The number of hydrogen-bond acceptors (Lipinski definition) is 7. The maximum absolute atomic E-state index is 5.78. The average Bonchev–Trinajstić information content (AvgIpc) is 2.43. The van der Waals surface area contributed by atoms with Crippen molar-refractivity contribution in [1.29, 1.82) is 0 Å². The molecule has 0 aliphatic heterocycles. The molecule has 0 aromatic carbocycles. The lowest BCUT2D eigenvalue weighted by Gasteiger charge is -2.26. The van der Waals surface area contributed by atoms with Gasteiger partial charge in [0, 0.05) is 25.6 Å². The van der Waals surface area contributed by atoms with E-state index in [1.54, 1.807) is 29.9 Å². The summed E-state index contributed by atoms with van der Waals surface area (Å²) in [5, 5.41) is 0. The van der Waals surface area contributed by atoms with Gasteiger partial charge >= 0.3 is 7.95 Å². The largest absolute Gasteiger partial charge is 0.585 e. The van der Waals surface area contributed by atoms with E-state index >= 15 is 0 Å². The summed E-state index contributed by atoms with van der Waals surface area (Å²) in [5.41, 5.74) is 0. The van der Waals surface area contributed by atoms with Gasteiger partial charge in [-0.3, -0.25) is 0 Å². The Morgan fingerprint density at radius 3 is 1.85 bits per heavy atom. The van der Waals surface area contributed by atoms with Crippen LogP contribution in [0.3, 0.4) is 0 Å². The summed E-state index contributed by atoms with van der Waals surface area (Å²) in [6.45, 7) is 10.1. The van der Waals surface area contributed by atoms with Crippen LogP contribution in [-0.4, -0.2) is 33.5 Å². The third-order valence-electron chi connectivity index (χ3n) is 2.26. The molecule has 0 aromatic rings. The fraction of sp³-hybridized carbons (Fsp3) is 1.00. The lowest BCUT2D eigenvalue weighted by Crippen LogP contribution is -2.42. The lowest BCUT2D eigenvalue weighted by atomic mass is 10.2. The van der Waals surface area contributed by atoms with Gasteiger partial charge in [-0.05, 0) is 57.1 Å². The third kappa shape index (κ3) is 11.1. The van der Waals surface area contributed by atoms with Crippen molar-refractivity contribution >= 4 is 48.6 Å². The Balaban J connectivity index is 3.82. The minimum atomic E-state index is -2.53. The minimum Gasteiger partial charge on any atom is -0.365 e. The molecule has 0 unspecified atom stereocenters. The van der Waals surface area contributed by atoms with Crippen molar-refractivity contribution in [3.63, 3.8) is 0 Å². The van der Waals surface area contributed by atoms with Crippen LogP contribution in [0, 0.1) is 0 Å². The lowest BCUT2D eigenvalue weighted by molar-refractivity contribution is 0.0971. The van der Waals surface area contributed by atoms with E-state index < -0.39 is 7.95 Å². The van der Waals surface area contributed by atoms with Gasteiger partial charge in [0.1, 0.15) is 0 Å². The zero-order valence-electron chi connectivity index (χ0n) is 13.0. The van der Waals surface area contributed by atoms with Gasteiger partial charge in [-0.1, -0.05) is 37.0 Å². The highest BCUT2D eigenvalue weighted by Crippen LogP contribution is 2.48. The average molecular weight is 377 g/mol. The smallest absolute Gasteiger partial charge is 0.365 e. The molecule has 0 aliphatic rings. The molecule has 0 saturated heterocycles. The molecule has 0 atom stereocenters. The Kier molecular flexibility index (Phi) is 16.5. The summed E-state index contributed by atoms with van der Waals surface area (Å²) in [7, 11) is 4.56. The van der Waals surface area contributed by atoms with Crippen molar-refractivity contribution in [2.45, 2.75) is 53.4 Å². The second kappa shape index (κ2) is 15.4. The molecule has 8 heteroatoms. The number of rotatable bonds is 15. The molecule has 20 heavy (non-hydrogen) atoms. The maximum Gasteiger partial charge on any atom is 0.585 e. The van der Waals surface area contributed by atoms with Gasteiger partial charge in [-0.15, -0.1) is 0 Å². The van der Waals surface area contributed by atoms with E-state index in [1.165, 1.54) is 31.4 Å². The predicted octanol–water partition coefficient (Wildman–Crippen LogP) is 5.79. The van der Waals surface area contributed by atoms with E-state index in [1.807, 2.05) is 31.6 Å². The highest BCUT2D eigenvalue weighted by molar-refractivity contribution is 9.28. The van der Waals surface area contributed by atoms with Crippen LogP contribution in [0.4, 0.5) is 0 Å². The topological polar surface area (TPSA) is 27.7 Å². The van der Waals surface area contributed by atoms with Crippen molar-refractivity contribution < 1.29 is 13.3 Å². The van der Waals surface area contributed by atoms with Crippen LogP contribution in [0.5, 0.6) is 0 Å². The van der Waals surface area contributed by atoms with Gasteiger partial charge in [-0.25, -0.2) is 0 Å². The molecule has 0 aliphatic carbocycles. The summed E-state index contributed by atoms with van der Waals surface area (Å²) >= 11 is 0. The van der Waals surface area contributed by atoms with Gasteiger partial charge in [-0.2, -0.15) is 0 Å². The first kappa shape index (κ1) is 21.5. The van der Waals surface area contributed by atoms with Gasteiger partial charge in [0.05, 0.1) is 0 Å². The molecule has 0 bridgehead atoms. The molecule has 0 N–H and O–H groups in total. The Labute approximate surface area is 140 Å². The van der Waals surface area contributed by atoms with Crippen LogP contribution >= 0.6 is 40.7 Å². The number of hydrogen-bond donors (Lipinski definition) is 0. The molecule has 0 rings (SSSR count). The monoisotopic (exact) mass is 376 g/mol. The summed E-state index contributed by atoms with van der Waals surface area (Å²) in [6.07, 6.45) is 5.30. The molecular formula is C12H28O3S4Si. The summed E-state index contributed by atoms with van der Waals surface area (Å²) < 4.78 is 17.4. The molecule has 3 nitrogen and oxygen atoms in total. The SMILES string of the molecule is CCCCCCSSSS[Si](OCC)(OCC)OCC. The van der Waals surface area contributed by atoms with Crippen molar-refractivity contribution in [3.8, 4) is 0 Å². The van der Waals surface area contributed by atoms with Crippen LogP contribution < -0.4 is 0 Å². The van der Waals surface area contributed by atoms with Crippen molar-refractivity contribution in [3.05, 3.63) is 0 Å². The number of unbranched alkanes of at least 4 members (excludes halogenated alkanes) is 3. The molecule has 0 fully saturated rings. The molecule has 122 valence electrons. The summed E-state index contributed by atoms with van der Waals surface area (Å²) in [4.78, 5) is 0. The van der Waals surface area contributed by atoms with E-state index in [-0.39, 0.29) is 0 Å². The van der Waals surface area contributed by atoms with E-state index in [4.69, 9.17) is 13.3 Å². The fourth-order valence-electron chi connectivity index (χ4n) is 1.42. The molecule has 0 saturated carbocycles. The Morgan fingerprint density at radius 1 is 0.750 bits per heavy atom. The minimum absolute atomic E-state index is 0.634. The van der Waals surface area contributed by atoms with Crippen LogP contribution in [0.1, 0.15) is 53.4 Å². The molecule has 0 heterocycles. The van der Waals surface area contributed by atoms with E-state index in [2.05, 4.69) is 6.92 Å². The van der Waals surface area contributed by atoms with Crippen LogP contribution in [0.25, 0.3) is 0 Å². The molecule has 0 radical (unpaired) electrons. The molecular weight excluding hydrogens is 348 g/mol. The van der Waals surface area contributed by atoms with Crippen molar-refractivity contribution in [2.24, 2.45) is 0 Å². The second-order valence-corrected chi connectivity index (χ2v) is 14.3. The standard InChI is InChI=1S/C12H28O3S4Si/c1-5-9-10-11-12-16-17-18-19-20(13-6-2,14-7-3)15-8-4/h5-12H2,1-4H3. The van der Waals surface area contributed by atoms with Gasteiger partial charge in [0.25, 0.3) is 0 Å². The maximum atomic E-state index is 5.78. The van der Waals surface area contributed by atoms with Crippen molar-refractivity contribution in [1.82, 2.24) is 0 Å². The highest BCUT2D eigenvalue weighted by atomic mass is 33.7. The zero-order valence-corrected chi connectivity index (χ0v) is 17.3. The Bertz CT molecular complexity index is 196. The van der Waals surface area contributed by atoms with E-state index in [0.29, 0.717) is 19.8 Å². The molecule has 0 amide bonds. The molecule has 0 aromatic heterocycles. The van der Waals surface area contributed by atoms with Crippen LogP contribution in [-0.2, 0) is 13.3 Å². The van der Waals surface area contributed by atoms with Gasteiger partial charge < -0.3 is 13.3 Å². The third-order valence-corrected chi connectivity index (χ3v) is 15.0. The van der Waals surface area contributed by atoms with Crippen LogP contribution in [0.2, 0.25) is 0 Å². The van der Waals surface area contributed by atoms with Crippen LogP contribution in [0.15, 0.2) is 0 Å². The Hall–Kier alpha value is 1.50. The quantitative estimate of drug-likeness (QED) is 0.203. The predicted molar refractivity (Wildman–Crippen MR) is 100 cm³/mol. The summed E-state index contributed by atoms with van der Waals surface area (Å²) in [6, 6.07) is 0. The molecule has 0 spiro atoms. The Morgan fingerprint density at radius 2 is 1.35 bits per heavy atom. The van der Waals surface area contributed by atoms with Gasteiger partial charge in [0.2, 0.25) is 0 Å². The van der Waals surface area contributed by atoms with Gasteiger partial charge in [0.15, 0.2) is 0 Å². The fourth-order valence-corrected chi connectivity index (χ4v) is 15.5. The first-order chi connectivity index (χ1) is 9.74. The first-order valence-corrected chi connectivity index (χ1v) is 14.7. The zero-order chi connectivity index (χ0) is 15.1.